The molecule has 1 amide bonds. The smallest absolute Gasteiger partial charge is 0.338 e. The van der Waals surface area contributed by atoms with E-state index in [4.69, 9.17) is 23.9 Å². The van der Waals surface area contributed by atoms with E-state index in [-0.39, 0.29) is 18.9 Å². The summed E-state index contributed by atoms with van der Waals surface area (Å²) >= 11 is 1.41. The molecule has 0 saturated carbocycles. The molecule has 2 aliphatic rings. The van der Waals surface area contributed by atoms with Crippen molar-refractivity contribution < 1.29 is 28.5 Å². The zero-order valence-electron chi connectivity index (χ0n) is 21.9. The summed E-state index contributed by atoms with van der Waals surface area (Å²) in [5.74, 6) is 0.499. The van der Waals surface area contributed by atoms with Crippen molar-refractivity contribution in [1.29, 1.82) is 0 Å². The van der Waals surface area contributed by atoms with Gasteiger partial charge in [0.15, 0.2) is 5.17 Å². The fourth-order valence-electron chi connectivity index (χ4n) is 4.35. The first-order valence-electron chi connectivity index (χ1n) is 12.2. The first-order valence-corrected chi connectivity index (χ1v) is 13.1. The Labute approximate surface area is 226 Å². The third-order valence-corrected chi connectivity index (χ3v) is 6.95. The van der Waals surface area contributed by atoms with Crippen LogP contribution in [-0.4, -0.2) is 63.0 Å². The van der Waals surface area contributed by atoms with Crippen LogP contribution in [0.4, 0.5) is 0 Å². The van der Waals surface area contributed by atoms with Crippen LogP contribution in [0.3, 0.4) is 0 Å². The van der Waals surface area contributed by atoms with E-state index in [2.05, 4.69) is 5.32 Å². The van der Waals surface area contributed by atoms with Crippen LogP contribution in [0, 0.1) is 0 Å². The van der Waals surface area contributed by atoms with E-state index < -0.39 is 12.0 Å². The molecule has 10 heteroatoms. The molecule has 200 valence electrons. The minimum Gasteiger partial charge on any atom is -0.497 e. The van der Waals surface area contributed by atoms with Gasteiger partial charge in [0, 0.05) is 36.5 Å². The molecule has 38 heavy (non-hydrogen) atoms. The highest BCUT2D eigenvalue weighted by Gasteiger charge is 2.43. The number of fused-ring (bicyclic) bond motifs is 1. The van der Waals surface area contributed by atoms with Crippen LogP contribution in [0.25, 0.3) is 5.70 Å². The summed E-state index contributed by atoms with van der Waals surface area (Å²) in [7, 11) is 4.73. The van der Waals surface area contributed by atoms with E-state index in [1.54, 1.807) is 34.3 Å². The molecule has 1 N–H and O–H groups in total. The van der Waals surface area contributed by atoms with Crippen molar-refractivity contribution in [2.24, 2.45) is 4.99 Å². The van der Waals surface area contributed by atoms with Gasteiger partial charge < -0.3 is 29.2 Å². The molecule has 0 spiro atoms. The summed E-state index contributed by atoms with van der Waals surface area (Å²) in [5, 5.41) is 5.41. The second-order valence-electron chi connectivity index (χ2n) is 8.37. The van der Waals surface area contributed by atoms with Gasteiger partial charge in [0.25, 0.3) is 0 Å². The number of hydrogen-bond acceptors (Lipinski definition) is 9. The molecule has 0 fully saturated rings. The maximum absolute atomic E-state index is 13.6. The van der Waals surface area contributed by atoms with Gasteiger partial charge in [0.1, 0.15) is 11.5 Å². The lowest BCUT2D eigenvalue weighted by molar-refractivity contribution is -0.139. The Morgan fingerprint density at radius 1 is 1.08 bits per heavy atom. The maximum atomic E-state index is 13.6. The van der Waals surface area contributed by atoms with Crippen molar-refractivity contribution in [3.05, 3.63) is 76.3 Å². The molecule has 2 aromatic carbocycles. The normalized spacial score (nSPS) is 16.4. The lowest BCUT2D eigenvalue weighted by Gasteiger charge is -2.37. The number of esters is 1. The molecule has 2 heterocycles. The fraction of sp³-hybridized carbons (Fsp3) is 0.321. The maximum Gasteiger partial charge on any atom is 0.338 e. The number of hydrogen-bond donors (Lipinski definition) is 1. The van der Waals surface area contributed by atoms with E-state index >= 15 is 0 Å². The number of methoxy groups -OCH3 is 3. The number of carbonyl (C=O) groups is 2. The van der Waals surface area contributed by atoms with Crippen molar-refractivity contribution in [2.75, 3.05) is 41.1 Å². The van der Waals surface area contributed by atoms with Gasteiger partial charge in [0.05, 0.1) is 51.2 Å². The molecule has 0 saturated heterocycles. The number of benzene rings is 2. The Morgan fingerprint density at radius 2 is 1.87 bits per heavy atom. The number of aliphatic imine (C=N–C) groups is 1. The standard InChI is InChI=1S/C28H31N3O6S/c1-5-37-27(33)24-25(18-9-7-6-8-10-18)30-28-31(19(17-38-28)15-23(32)29-13-14-34-2)26(24)21-12-11-20(35-3)16-22(21)36-4/h6-12,16-17,26H,5,13-15H2,1-4H3,(H,29,32)/t26-/m1/s1. The molecule has 0 aromatic heterocycles. The zero-order chi connectivity index (χ0) is 27.1. The van der Waals surface area contributed by atoms with Crippen molar-refractivity contribution in [3.63, 3.8) is 0 Å². The molecule has 0 radical (unpaired) electrons. The van der Waals surface area contributed by atoms with Crippen molar-refractivity contribution in [3.8, 4) is 11.5 Å². The highest BCUT2D eigenvalue weighted by Crippen LogP contribution is 2.49. The van der Waals surface area contributed by atoms with Crippen molar-refractivity contribution >= 4 is 34.5 Å². The second kappa shape index (κ2) is 12.7. The predicted octanol–water partition coefficient (Wildman–Crippen LogP) is 4.13. The monoisotopic (exact) mass is 537 g/mol. The molecular formula is C28H31N3O6S. The molecule has 9 nitrogen and oxygen atoms in total. The van der Waals surface area contributed by atoms with Crippen molar-refractivity contribution in [1.82, 2.24) is 10.2 Å². The molecular weight excluding hydrogens is 506 g/mol. The van der Waals surface area contributed by atoms with Gasteiger partial charge in [-0.15, -0.1) is 0 Å². The topological polar surface area (TPSA) is 98.7 Å². The number of ether oxygens (including phenoxy) is 4. The molecule has 2 aromatic rings. The van der Waals surface area contributed by atoms with Crippen LogP contribution in [0.1, 0.15) is 30.5 Å². The largest absolute Gasteiger partial charge is 0.497 e. The minimum atomic E-state index is -0.661. The first-order chi connectivity index (χ1) is 18.5. The molecule has 4 rings (SSSR count). The molecule has 0 aliphatic carbocycles. The minimum absolute atomic E-state index is 0.0987. The van der Waals surface area contributed by atoms with Gasteiger partial charge in [-0.25, -0.2) is 9.79 Å². The number of rotatable bonds is 11. The van der Waals surface area contributed by atoms with Gasteiger partial charge >= 0.3 is 5.97 Å². The van der Waals surface area contributed by atoms with Crippen LogP contribution in [-0.2, 0) is 19.1 Å². The van der Waals surface area contributed by atoms with E-state index in [1.807, 2.05) is 52.8 Å². The van der Waals surface area contributed by atoms with Crippen LogP contribution in [0.15, 0.2) is 70.2 Å². The van der Waals surface area contributed by atoms with Gasteiger partial charge in [-0.05, 0) is 24.5 Å². The molecule has 0 unspecified atom stereocenters. The lowest BCUT2D eigenvalue weighted by atomic mass is 9.90. The number of nitrogens with zero attached hydrogens (tertiary/aromatic N) is 2. The summed E-state index contributed by atoms with van der Waals surface area (Å²) < 4.78 is 21.8. The third kappa shape index (κ3) is 5.71. The Hall–Kier alpha value is -3.76. The highest BCUT2D eigenvalue weighted by molar-refractivity contribution is 8.16. The van der Waals surface area contributed by atoms with E-state index in [1.165, 1.54) is 11.8 Å². The fourth-order valence-corrected chi connectivity index (χ4v) is 5.27. The molecule has 2 aliphatic heterocycles. The summed E-state index contributed by atoms with van der Waals surface area (Å²) in [5.41, 5.74) is 3.08. The lowest BCUT2D eigenvalue weighted by Crippen LogP contribution is -2.38. The van der Waals surface area contributed by atoms with Gasteiger partial charge in [-0.2, -0.15) is 0 Å². The quantitative estimate of drug-likeness (QED) is 0.338. The zero-order valence-corrected chi connectivity index (χ0v) is 22.7. The first kappa shape index (κ1) is 27.3. The number of carbonyl (C=O) groups excluding carboxylic acids is 2. The van der Waals surface area contributed by atoms with E-state index in [9.17, 15) is 9.59 Å². The van der Waals surface area contributed by atoms with Crippen LogP contribution < -0.4 is 14.8 Å². The number of amidine groups is 1. The van der Waals surface area contributed by atoms with Crippen LogP contribution >= 0.6 is 11.8 Å². The Kier molecular flexibility index (Phi) is 9.09. The third-order valence-electron chi connectivity index (χ3n) is 6.06. The Morgan fingerprint density at radius 3 is 2.55 bits per heavy atom. The van der Waals surface area contributed by atoms with Gasteiger partial charge in [-0.1, -0.05) is 42.1 Å². The van der Waals surface area contributed by atoms with Crippen molar-refractivity contribution in [2.45, 2.75) is 19.4 Å². The van der Waals surface area contributed by atoms with Crippen LogP contribution in [0.2, 0.25) is 0 Å². The average molecular weight is 538 g/mol. The number of nitrogens with one attached hydrogen (secondary N) is 1. The second-order valence-corrected chi connectivity index (χ2v) is 9.21. The summed E-state index contributed by atoms with van der Waals surface area (Å²) in [6.07, 6.45) is 0.0987. The van der Waals surface area contributed by atoms with Gasteiger partial charge in [-0.3, -0.25) is 4.79 Å². The van der Waals surface area contributed by atoms with Crippen LogP contribution in [0.5, 0.6) is 11.5 Å². The Bertz CT molecular complexity index is 1270. The summed E-state index contributed by atoms with van der Waals surface area (Å²) in [6, 6.07) is 14.3. The van der Waals surface area contributed by atoms with E-state index in [0.29, 0.717) is 52.3 Å². The van der Waals surface area contributed by atoms with Gasteiger partial charge in [0.2, 0.25) is 5.91 Å². The number of amides is 1. The number of thioether (sulfide) groups is 1. The highest BCUT2D eigenvalue weighted by atomic mass is 32.2. The summed E-state index contributed by atoms with van der Waals surface area (Å²) in [6.45, 7) is 2.78. The summed E-state index contributed by atoms with van der Waals surface area (Å²) in [4.78, 5) is 33.2. The molecule has 0 bridgehead atoms. The Balaban J connectivity index is 1.87. The average Bonchev–Trinajstić information content (AvgIpc) is 3.34. The SMILES string of the molecule is CCOC(=O)C1=C(c2ccccc2)N=C2SC=C(CC(=O)NCCOC)N2[C@@H]1c1ccc(OC)cc1OC. The molecule has 1 atom stereocenters. The van der Waals surface area contributed by atoms with E-state index in [0.717, 1.165) is 5.56 Å². The predicted molar refractivity (Wildman–Crippen MR) is 147 cm³/mol.